The molecular weight excluding hydrogens is 358 g/mol. The van der Waals surface area contributed by atoms with Crippen LogP contribution in [-0.4, -0.2) is 39.7 Å². The van der Waals surface area contributed by atoms with Crippen molar-refractivity contribution < 1.29 is 15.0 Å². The molecule has 0 spiro atoms. The van der Waals surface area contributed by atoms with Crippen molar-refractivity contribution in [2.45, 2.75) is 24.7 Å². The lowest BCUT2D eigenvalue weighted by Crippen LogP contribution is -2.39. The Morgan fingerprint density at radius 2 is 1.78 bits per heavy atom. The molecule has 0 saturated carbocycles. The van der Waals surface area contributed by atoms with Gasteiger partial charge in [-0.3, -0.25) is 4.79 Å². The number of nitrogens with zero attached hydrogens (tertiary/aromatic N) is 1. The van der Waals surface area contributed by atoms with Gasteiger partial charge in [-0.25, -0.2) is 0 Å². The second kappa shape index (κ2) is 6.83. The average Bonchev–Trinajstić information content (AvgIpc) is 2.97. The first-order chi connectivity index (χ1) is 11.1. The third-order valence-electron chi connectivity index (χ3n) is 4.18. The van der Waals surface area contributed by atoms with E-state index in [2.05, 4.69) is 15.9 Å². The predicted octanol–water partition coefficient (Wildman–Crippen LogP) is 2.76. The number of hydrogen-bond donors (Lipinski definition) is 2. The zero-order chi connectivity index (χ0) is 16.4. The van der Waals surface area contributed by atoms with Crippen LogP contribution in [0.4, 0.5) is 0 Å². The summed E-state index contributed by atoms with van der Waals surface area (Å²) in [5.74, 6) is -0.164. The summed E-state index contributed by atoms with van der Waals surface area (Å²) in [7, 11) is 0. The summed E-state index contributed by atoms with van der Waals surface area (Å²) in [6, 6.07) is 15.9. The molecule has 23 heavy (non-hydrogen) atoms. The van der Waals surface area contributed by atoms with Crippen LogP contribution in [0.5, 0.6) is 0 Å². The van der Waals surface area contributed by atoms with Gasteiger partial charge in [0.15, 0.2) is 0 Å². The van der Waals surface area contributed by atoms with Gasteiger partial charge in [0.1, 0.15) is 0 Å². The summed E-state index contributed by atoms with van der Waals surface area (Å²) in [6.07, 6.45) is -1.07. The highest BCUT2D eigenvalue weighted by atomic mass is 79.9. The number of rotatable bonds is 3. The molecule has 4 nitrogen and oxygen atoms in total. The van der Waals surface area contributed by atoms with E-state index < -0.39 is 18.2 Å². The van der Waals surface area contributed by atoms with Crippen molar-refractivity contribution in [3.63, 3.8) is 0 Å². The first kappa shape index (κ1) is 16.2. The van der Waals surface area contributed by atoms with Gasteiger partial charge in [0, 0.05) is 16.6 Å². The van der Waals surface area contributed by atoms with Gasteiger partial charge in [-0.15, -0.1) is 0 Å². The van der Waals surface area contributed by atoms with Gasteiger partial charge in [0.2, 0.25) is 0 Å². The molecule has 1 amide bonds. The van der Waals surface area contributed by atoms with Crippen LogP contribution < -0.4 is 0 Å². The molecule has 2 N–H and O–H groups in total. The van der Waals surface area contributed by atoms with Gasteiger partial charge in [0.25, 0.3) is 5.91 Å². The molecule has 2 aromatic rings. The third kappa shape index (κ3) is 3.47. The summed E-state index contributed by atoms with van der Waals surface area (Å²) >= 11 is 3.37. The van der Waals surface area contributed by atoms with Crippen molar-refractivity contribution in [2.75, 3.05) is 6.54 Å². The molecule has 3 rings (SSSR count). The Morgan fingerprint density at radius 1 is 1.13 bits per heavy atom. The van der Waals surface area contributed by atoms with Crippen LogP contribution in [0.1, 0.15) is 28.4 Å². The Labute approximate surface area is 143 Å². The minimum atomic E-state index is -0.826. The molecule has 5 heteroatoms. The fourth-order valence-electron chi connectivity index (χ4n) is 3.00. The minimum absolute atomic E-state index is 0.164. The highest BCUT2D eigenvalue weighted by Crippen LogP contribution is 2.31. The summed E-state index contributed by atoms with van der Waals surface area (Å²) in [6.45, 7) is 0.242. The number of hydrogen-bond acceptors (Lipinski definition) is 3. The fraction of sp³-hybridized carbons (Fsp3) is 0.278. The van der Waals surface area contributed by atoms with E-state index in [0.717, 1.165) is 10.0 Å². The maximum atomic E-state index is 12.7. The van der Waals surface area contributed by atoms with Crippen molar-refractivity contribution in [3.8, 4) is 0 Å². The molecule has 1 aliphatic rings. The first-order valence-corrected chi connectivity index (χ1v) is 8.33. The minimum Gasteiger partial charge on any atom is -0.391 e. The van der Waals surface area contributed by atoms with Crippen LogP contribution in [0.2, 0.25) is 0 Å². The fourth-order valence-corrected chi connectivity index (χ4v) is 3.27. The standard InChI is InChI=1S/C18H18BrNO3/c19-14-8-6-12(7-9-14)17(22)16-10-15(21)11-20(16)18(23)13-4-2-1-3-5-13/h1-9,15-17,21-22H,10-11H2. The van der Waals surface area contributed by atoms with E-state index in [0.29, 0.717) is 12.0 Å². The molecule has 3 unspecified atom stereocenters. The summed E-state index contributed by atoms with van der Waals surface area (Å²) in [5, 5.41) is 20.7. The Bertz CT molecular complexity index is 674. The van der Waals surface area contributed by atoms with Crippen LogP contribution in [0.15, 0.2) is 59.1 Å². The summed E-state index contributed by atoms with van der Waals surface area (Å²) < 4.78 is 0.928. The highest BCUT2D eigenvalue weighted by Gasteiger charge is 2.39. The largest absolute Gasteiger partial charge is 0.391 e. The number of carbonyl (C=O) groups is 1. The van der Waals surface area contributed by atoms with E-state index >= 15 is 0 Å². The van der Waals surface area contributed by atoms with Gasteiger partial charge in [-0.05, 0) is 36.2 Å². The van der Waals surface area contributed by atoms with E-state index in [1.807, 2.05) is 30.3 Å². The number of halogens is 1. The van der Waals surface area contributed by atoms with Gasteiger partial charge < -0.3 is 15.1 Å². The Hall–Kier alpha value is -1.69. The topological polar surface area (TPSA) is 60.8 Å². The van der Waals surface area contributed by atoms with Gasteiger partial charge in [-0.2, -0.15) is 0 Å². The number of likely N-dealkylation sites (tertiary alicyclic amines) is 1. The molecule has 2 aromatic carbocycles. The van der Waals surface area contributed by atoms with E-state index in [4.69, 9.17) is 0 Å². The highest BCUT2D eigenvalue weighted by molar-refractivity contribution is 9.10. The molecule has 3 atom stereocenters. The van der Waals surface area contributed by atoms with E-state index in [1.165, 1.54) is 0 Å². The summed E-state index contributed by atoms with van der Waals surface area (Å²) in [5.41, 5.74) is 1.30. The zero-order valence-electron chi connectivity index (χ0n) is 12.5. The molecule has 1 aliphatic heterocycles. The Kier molecular flexibility index (Phi) is 4.80. The lowest BCUT2D eigenvalue weighted by molar-refractivity contribution is 0.0485. The number of β-amino-alcohol motifs (C(OH)–C–C–N with tert-alkyl or cyclic N) is 1. The third-order valence-corrected chi connectivity index (χ3v) is 4.71. The maximum absolute atomic E-state index is 12.7. The first-order valence-electron chi connectivity index (χ1n) is 7.54. The number of aliphatic hydroxyl groups is 2. The summed E-state index contributed by atoms with van der Waals surface area (Å²) in [4.78, 5) is 14.3. The average molecular weight is 376 g/mol. The van der Waals surface area contributed by atoms with E-state index in [-0.39, 0.29) is 12.5 Å². The quantitative estimate of drug-likeness (QED) is 0.866. The molecule has 1 heterocycles. The monoisotopic (exact) mass is 375 g/mol. The zero-order valence-corrected chi connectivity index (χ0v) is 14.1. The van der Waals surface area contributed by atoms with Gasteiger partial charge in [0.05, 0.1) is 18.2 Å². The van der Waals surface area contributed by atoms with Crippen LogP contribution in [0.25, 0.3) is 0 Å². The van der Waals surface area contributed by atoms with Crippen LogP contribution in [-0.2, 0) is 0 Å². The molecule has 0 bridgehead atoms. The normalized spacial score (nSPS) is 22.1. The van der Waals surface area contributed by atoms with E-state index in [1.54, 1.807) is 29.2 Å². The van der Waals surface area contributed by atoms with Crippen LogP contribution >= 0.6 is 15.9 Å². The molecular formula is C18H18BrNO3. The number of aliphatic hydroxyl groups excluding tert-OH is 2. The van der Waals surface area contributed by atoms with Gasteiger partial charge >= 0.3 is 0 Å². The molecule has 0 aliphatic carbocycles. The van der Waals surface area contributed by atoms with Crippen molar-refractivity contribution in [3.05, 3.63) is 70.2 Å². The van der Waals surface area contributed by atoms with E-state index in [9.17, 15) is 15.0 Å². The van der Waals surface area contributed by atoms with Gasteiger partial charge in [-0.1, -0.05) is 46.3 Å². The Morgan fingerprint density at radius 3 is 2.43 bits per heavy atom. The molecule has 1 fully saturated rings. The van der Waals surface area contributed by atoms with Crippen molar-refractivity contribution in [1.82, 2.24) is 4.90 Å². The molecule has 120 valence electrons. The second-order valence-corrected chi connectivity index (χ2v) is 6.69. The number of carbonyl (C=O) groups excluding carboxylic acids is 1. The number of benzene rings is 2. The van der Waals surface area contributed by atoms with Crippen molar-refractivity contribution >= 4 is 21.8 Å². The SMILES string of the molecule is O=C(c1ccccc1)N1CC(O)CC1C(O)c1ccc(Br)cc1. The smallest absolute Gasteiger partial charge is 0.254 e. The van der Waals surface area contributed by atoms with Crippen LogP contribution in [0.3, 0.4) is 0 Å². The molecule has 0 radical (unpaired) electrons. The van der Waals surface area contributed by atoms with Crippen molar-refractivity contribution in [1.29, 1.82) is 0 Å². The van der Waals surface area contributed by atoms with Crippen molar-refractivity contribution in [2.24, 2.45) is 0 Å². The predicted molar refractivity (Wildman–Crippen MR) is 91.0 cm³/mol. The van der Waals surface area contributed by atoms with Crippen LogP contribution in [0, 0.1) is 0 Å². The Balaban J connectivity index is 1.84. The lowest BCUT2D eigenvalue weighted by atomic mass is 9.99. The second-order valence-electron chi connectivity index (χ2n) is 5.78. The maximum Gasteiger partial charge on any atom is 0.254 e. The molecule has 0 aromatic heterocycles. The number of amides is 1. The molecule has 1 saturated heterocycles. The lowest BCUT2D eigenvalue weighted by Gasteiger charge is -2.28.